The number of hydrogen-bond donors (Lipinski definition) is 1. The van der Waals surface area contributed by atoms with Gasteiger partial charge in [0.05, 0.1) is 0 Å². The molecule has 0 amide bonds. The average Bonchev–Trinajstić information content (AvgIpc) is 2.25. The van der Waals surface area contributed by atoms with Gasteiger partial charge in [-0.3, -0.25) is 4.98 Å². The number of hydrogen-bond acceptors (Lipinski definition) is 2. The van der Waals surface area contributed by atoms with Crippen LogP contribution in [-0.2, 0) is 0 Å². The number of allylic oxidation sites excluding steroid dienone is 1. The van der Waals surface area contributed by atoms with E-state index in [1.54, 1.807) is 0 Å². The summed E-state index contributed by atoms with van der Waals surface area (Å²) in [5, 5.41) is 3.49. The maximum atomic E-state index is 4.04. The first-order valence-electron chi connectivity index (χ1n) is 5.51. The Kier molecular flexibility index (Phi) is 5.05. The fraction of sp³-hybridized carbons (Fsp3) is 0.462. The van der Waals surface area contributed by atoms with Crippen LogP contribution in [0, 0.1) is 0 Å². The van der Waals surface area contributed by atoms with Crippen LogP contribution in [-0.4, -0.2) is 11.5 Å². The van der Waals surface area contributed by atoms with Gasteiger partial charge in [0, 0.05) is 18.4 Å². The van der Waals surface area contributed by atoms with Crippen LogP contribution in [0.2, 0.25) is 0 Å². The van der Waals surface area contributed by atoms with E-state index in [4.69, 9.17) is 0 Å². The molecular weight excluding hydrogens is 184 g/mol. The Bertz CT molecular complexity index is 293. The highest BCUT2D eigenvalue weighted by Gasteiger charge is 2.08. The number of nitrogens with zero attached hydrogens (tertiary/aromatic N) is 1. The molecule has 2 heteroatoms. The van der Waals surface area contributed by atoms with Crippen molar-refractivity contribution >= 4 is 0 Å². The Hall–Kier alpha value is -1.15. The lowest BCUT2D eigenvalue weighted by molar-refractivity contribution is 0.514. The number of aromatic nitrogens is 1. The summed E-state index contributed by atoms with van der Waals surface area (Å²) in [4.78, 5) is 4.04. The highest BCUT2D eigenvalue weighted by molar-refractivity contribution is 5.15. The Morgan fingerprint density at radius 2 is 2.13 bits per heavy atom. The molecule has 0 aliphatic heterocycles. The van der Waals surface area contributed by atoms with Crippen LogP contribution in [0.5, 0.6) is 0 Å². The molecule has 1 rings (SSSR count). The molecule has 1 N–H and O–H groups in total. The molecule has 0 bridgehead atoms. The second-order valence-corrected chi connectivity index (χ2v) is 3.89. The van der Waals surface area contributed by atoms with E-state index in [0.717, 1.165) is 19.4 Å². The molecule has 1 atom stereocenters. The van der Waals surface area contributed by atoms with Crippen molar-refractivity contribution in [1.82, 2.24) is 10.3 Å². The van der Waals surface area contributed by atoms with E-state index in [0.29, 0.717) is 6.04 Å². The third-order valence-electron chi connectivity index (χ3n) is 2.42. The summed E-state index contributed by atoms with van der Waals surface area (Å²) >= 11 is 0. The van der Waals surface area contributed by atoms with Crippen molar-refractivity contribution in [3.05, 3.63) is 42.2 Å². The Morgan fingerprint density at radius 1 is 1.47 bits per heavy atom. The number of nitrogens with one attached hydrogen (secondary N) is 1. The Labute approximate surface area is 92.4 Å². The fourth-order valence-corrected chi connectivity index (χ4v) is 1.62. The number of pyridine rings is 1. The van der Waals surface area contributed by atoms with Crippen LogP contribution in [0.25, 0.3) is 0 Å². The molecule has 1 aromatic rings. The van der Waals surface area contributed by atoms with Crippen LogP contribution >= 0.6 is 0 Å². The zero-order chi connectivity index (χ0) is 11.1. The van der Waals surface area contributed by atoms with Crippen molar-refractivity contribution in [2.24, 2.45) is 0 Å². The van der Waals surface area contributed by atoms with E-state index < -0.39 is 0 Å². The third kappa shape index (κ3) is 4.26. The van der Waals surface area contributed by atoms with E-state index >= 15 is 0 Å². The van der Waals surface area contributed by atoms with Gasteiger partial charge in [-0.05, 0) is 44.0 Å². The van der Waals surface area contributed by atoms with Gasteiger partial charge in [-0.15, -0.1) is 6.58 Å². The summed E-state index contributed by atoms with van der Waals surface area (Å²) in [5.41, 5.74) is 2.56. The van der Waals surface area contributed by atoms with Gasteiger partial charge in [0.1, 0.15) is 0 Å². The first-order chi connectivity index (χ1) is 7.24. The van der Waals surface area contributed by atoms with Crippen LogP contribution in [0.1, 0.15) is 38.3 Å². The Balaban J connectivity index is 2.61. The molecule has 0 aliphatic carbocycles. The van der Waals surface area contributed by atoms with E-state index in [1.807, 2.05) is 12.4 Å². The minimum absolute atomic E-state index is 0.426. The zero-order valence-electron chi connectivity index (χ0n) is 9.66. The summed E-state index contributed by atoms with van der Waals surface area (Å²) in [7, 11) is 0. The minimum Gasteiger partial charge on any atom is -0.310 e. The highest BCUT2D eigenvalue weighted by atomic mass is 14.9. The molecule has 1 aromatic heterocycles. The summed E-state index contributed by atoms with van der Waals surface area (Å²) in [6, 6.07) is 4.58. The quantitative estimate of drug-likeness (QED) is 0.720. The van der Waals surface area contributed by atoms with Crippen LogP contribution in [0.4, 0.5) is 0 Å². The molecule has 2 nitrogen and oxygen atoms in total. The van der Waals surface area contributed by atoms with E-state index in [1.165, 1.54) is 11.1 Å². The summed E-state index contributed by atoms with van der Waals surface area (Å²) in [5.74, 6) is 0. The largest absolute Gasteiger partial charge is 0.310 e. The van der Waals surface area contributed by atoms with Crippen molar-refractivity contribution in [2.75, 3.05) is 6.54 Å². The molecule has 0 aliphatic rings. The topological polar surface area (TPSA) is 24.9 Å². The standard InChI is InChI=1S/C13H20N2/c1-4-15-13(6-5-11(2)3)12-7-9-14-10-8-12/h7-10,13,15H,2,4-6H2,1,3H3. The first-order valence-corrected chi connectivity index (χ1v) is 5.51. The third-order valence-corrected chi connectivity index (χ3v) is 2.42. The number of rotatable bonds is 6. The molecule has 82 valence electrons. The molecule has 0 radical (unpaired) electrons. The summed E-state index contributed by atoms with van der Waals surface area (Å²) in [6.07, 6.45) is 5.87. The lowest BCUT2D eigenvalue weighted by Gasteiger charge is -2.18. The second-order valence-electron chi connectivity index (χ2n) is 3.89. The van der Waals surface area contributed by atoms with Gasteiger partial charge >= 0.3 is 0 Å². The SMILES string of the molecule is C=C(C)CCC(NCC)c1ccncc1. The van der Waals surface area contributed by atoms with Crippen LogP contribution in [0.15, 0.2) is 36.7 Å². The van der Waals surface area contributed by atoms with Gasteiger partial charge < -0.3 is 5.32 Å². The maximum absolute atomic E-state index is 4.04. The summed E-state index contributed by atoms with van der Waals surface area (Å²) < 4.78 is 0. The molecule has 0 spiro atoms. The molecule has 0 fully saturated rings. The van der Waals surface area contributed by atoms with Gasteiger partial charge in [0.2, 0.25) is 0 Å². The fourth-order valence-electron chi connectivity index (χ4n) is 1.62. The van der Waals surface area contributed by atoms with E-state index in [-0.39, 0.29) is 0 Å². The van der Waals surface area contributed by atoms with Gasteiger partial charge in [0.25, 0.3) is 0 Å². The lowest BCUT2D eigenvalue weighted by Crippen LogP contribution is -2.20. The molecule has 0 saturated heterocycles. The predicted molar refractivity (Wildman–Crippen MR) is 64.7 cm³/mol. The van der Waals surface area contributed by atoms with E-state index in [2.05, 4.69) is 42.9 Å². The first kappa shape index (κ1) is 11.9. The molecular formula is C13H20N2. The van der Waals surface area contributed by atoms with Crippen molar-refractivity contribution in [3.8, 4) is 0 Å². The van der Waals surface area contributed by atoms with Gasteiger partial charge in [0.15, 0.2) is 0 Å². The normalized spacial score (nSPS) is 12.4. The molecule has 1 heterocycles. The van der Waals surface area contributed by atoms with Crippen molar-refractivity contribution in [1.29, 1.82) is 0 Å². The van der Waals surface area contributed by atoms with Crippen molar-refractivity contribution in [2.45, 2.75) is 32.7 Å². The molecule has 15 heavy (non-hydrogen) atoms. The summed E-state index contributed by atoms with van der Waals surface area (Å²) in [6.45, 7) is 9.14. The Morgan fingerprint density at radius 3 is 2.67 bits per heavy atom. The van der Waals surface area contributed by atoms with Crippen LogP contribution < -0.4 is 5.32 Å². The van der Waals surface area contributed by atoms with Crippen LogP contribution in [0.3, 0.4) is 0 Å². The smallest absolute Gasteiger partial charge is 0.0324 e. The minimum atomic E-state index is 0.426. The van der Waals surface area contributed by atoms with Gasteiger partial charge in [-0.1, -0.05) is 12.5 Å². The lowest BCUT2D eigenvalue weighted by atomic mass is 10.0. The average molecular weight is 204 g/mol. The van der Waals surface area contributed by atoms with Crippen molar-refractivity contribution in [3.63, 3.8) is 0 Å². The molecule has 0 saturated carbocycles. The monoisotopic (exact) mass is 204 g/mol. The second kappa shape index (κ2) is 6.36. The van der Waals surface area contributed by atoms with Gasteiger partial charge in [-0.25, -0.2) is 0 Å². The zero-order valence-corrected chi connectivity index (χ0v) is 9.66. The van der Waals surface area contributed by atoms with Crippen molar-refractivity contribution < 1.29 is 0 Å². The van der Waals surface area contributed by atoms with Gasteiger partial charge in [-0.2, -0.15) is 0 Å². The molecule has 1 unspecified atom stereocenters. The highest BCUT2D eigenvalue weighted by Crippen LogP contribution is 2.19. The predicted octanol–water partition coefficient (Wildman–Crippen LogP) is 3.09. The molecule has 0 aromatic carbocycles. The van der Waals surface area contributed by atoms with E-state index in [9.17, 15) is 0 Å². The maximum Gasteiger partial charge on any atom is 0.0324 e.